The van der Waals surface area contributed by atoms with Gasteiger partial charge in [-0.05, 0) is 13.3 Å². The molecule has 0 bridgehead atoms. The quantitative estimate of drug-likeness (QED) is 0.814. The van der Waals surface area contributed by atoms with Crippen LogP contribution in [0.3, 0.4) is 0 Å². The predicted molar refractivity (Wildman–Crippen MR) is 71.3 cm³/mol. The highest BCUT2D eigenvalue weighted by atomic mass is 32.1. The maximum Gasteiger partial charge on any atom is 0.186 e. The van der Waals surface area contributed by atoms with Crippen molar-refractivity contribution >= 4 is 29.1 Å². The lowest BCUT2D eigenvalue weighted by molar-refractivity contribution is 0.500. The first-order chi connectivity index (χ1) is 7.72. The molecule has 0 spiro atoms. The number of nitrogens with zero attached hydrogens (tertiary/aromatic N) is 2. The van der Waals surface area contributed by atoms with E-state index in [2.05, 4.69) is 41.7 Å². The predicted octanol–water partition coefficient (Wildman–Crippen LogP) is 0.542. The smallest absolute Gasteiger partial charge is 0.186 e. The largest absolute Gasteiger partial charge is 0.343 e. The summed E-state index contributed by atoms with van der Waals surface area (Å²) >= 11 is 1.76. The molecule has 88 valence electrons. The molecule has 1 atom stereocenters. The second kappa shape index (κ2) is 4.97. The summed E-state index contributed by atoms with van der Waals surface area (Å²) in [5.74, 6) is 0. The summed E-state index contributed by atoms with van der Waals surface area (Å²) in [4.78, 5) is 6.96. The van der Waals surface area contributed by atoms with Crippen molar-refractivity contribution in [3.8, 4) is 0 Å². The third kappa shape index (κ3) is 2.28. The van der Waals surface area contributed by atoms with E-state index in [1.807, 2.05) is 0 Å². The maximum atomic E-state index is 4.58. The number of aromatic nitrogens is 1. The van der Waals surface area contributed by atoms with Crippen molar-refractivity contribution in [2.75, 3.05) is 24.5 Å². The van der Waals surface area contributed by atoms with Crippen LogP contribution in [0, 0.1) is 0 Å². The minimum atomic E-state index is 0.522. The topological polar surface area (TPSA) is 28.2 Å². The lowest BCUT2D eigenvalue weighted by atomic mass is 10.2. The summed E-state index contributed by atoms with van der Waals surface area (Å²) < 4.78 is 1.23. The van der Waals surface area contributed by atoms with Crippen LogP contribution in [0.5, 0.6) is 0 Å². The van der Waals surface area contributed by atoms with Crippen LogP contribution in [0.1, 0.15) is 20.3 Å². The van der Waals surface area contributed by atoms with Crippen molar-refractivity contribution in [2.45, 2.75) is 26.3 Å². The Morgan fingerprint density at radius 1 is 1.69 bits per heavy atom. The van der Waals surface area contributed by atoms with Crippen LogP contribution in [0.15, 0.2) is 0 Å². The fraction of sp³-hybridized carbons (Fsp3) is 0.583. The molecule has 16 heavy (non-hydrogen) atoms. The zero-order valence-electron chi connectivity index (χ0n) is 9.99. The number of anilines is 1. The SMILES string of the molecule is C=c1nc(N2CCNC[C@H]2C)s/c1=C/CC. The molecule has 1 fully saturated rings. The molecule has 1 saturated heterocycles. The zero-order valence-corrected chi connectivity index (χ0v) is 10.8. The Morgan fingerprint density at radius 3 is 3.19 bits per heavy atom. The van der Waals surface area contributed by atoms with E-state index >= 15 is 0 Å². The molecule has 0 aromatic carbocycles. The molecule has 0 aliphatic carbocycles. The van der Waals surface area contributed by atoms with E-state index in [1.54, 1.807) is 11.3 Å². The molecule has 0 radical (unpaired) electrons. The van der Waals surface area contributed by atoms with Crippen LogP contribution in [0.2, 0.25) is 0 Å². The first-order valence-electron chi connectivity index (χ1n) is 5.85. The zero-order chi connectivity index (χ0) is 11.5. The molecule has 4 heteroatoms. The van der Waals surface area contributed by atoms with Crippen molar-refractivity contribution in [1.29, 1.82) is 0 Å². The fourth-order valence-electron chi connectivity index (χ4n) is 1.94. The second-order valence-electron chi connectivity index (χ2n) is 4.17. The molecule has 1 aliphatic heterocycles. The second-order valence-corrected chi connectivity index (χ2v) is 5.18. The molecule has 2 heterocycles. The Hall–Kier alpha value is -0.870. The van der Waals surface area contributed by atoms with Gasteiger partial charge in [0.05, 0.1) is 9.88 Å². The lowest BCUT2D eigenvalue weighted by Gasteiger charge is -2.33. The Bertz CT molecular complexity index is 451. The van der Waals surface area contributed by atoms with Gasteiger partial charge in [0.1, 0.15) is 0 Å². The first kappa shape index (κ1) is 11.6. The standard InChI is InChI=1S/C12H19N3S/c1-4-5-11-10(3)14-12(16-11)15-7-6-13-8-9(15)2/h5,9,13H,3-4,6-8H2,1-2H3/b11-5+/t9-/m1/s1. The number of hydrogen-bond acceptors (Lipinski definition) is 4. The highest BCUT2D eigenvalue weighted by Gasteiger charge is 2.20. The number of thiazole rings is 1. The monoisotopic (exact) mass is 237 g/mol. The van der Waals surface area contributed by atoms with Crippen LogP contribution in [0.25, 0.3) is 12.7 Å². The van der Waals surface area contributed by atoms with Gasteiger partial charge in [-0.15, -0.1) is 0 Å². The van der Waals surface area contributed by atoms with Gasteiger partial charge in [-0.3, -0.25) is 0 Å². The van der Waals surface area contributed by atoms with E-state index in [4.69, 9.17) is 0 Å². The molecule has 1 aromatic heterocycles. The van der Waals surface area contributed by atoms with Gasteiger partial charge in [-0.2, -0.15) is 0 Å². The van der Waals surface area contributed by atoms with Crippen molar-refractivity contribution in [1.82, 2.24) is 10.3 Å². The first-order valence-corrected chi connectivity index (χ1v) is 6.67. The highest BCUT2D eigenvalue weighted by Crippen LogP contribution is 2.16. The molecule has 1 N–H and O–H groups in total. The molecule has 1 aliphatic rings. The van der Waals surface area contributed by atoms with Crippen LogP contribution in [0.4, 0.5) is 5.13 Å². The van der Waals surface area contributed by atoms with Crippen molar-refractivity contribution in [3.63, 3.8) is 0 Å². The molecular formula is C12H19N3S. The Balaban J connectivity index is 2.30. The average Bonchev–Trinajstić information content (AvgIpc) is 2.61. The normalized spacial score (nSPS) is 22.8. The third-order valence-corrected chi connectivity index (χ3v) is 3.98. The number of hydrogen-bond donors (Lipinski definition) is 1. The van der Waals surface area contributed by atoms with E-state index < -0.39 is 0 Å². The maximum absolute atomic E-state index is 4.58. The summed E-state index contributed by atoms with van der Waals surface area (Å²) in [7, 11) is 0. The van der Waals surface area contributed by atoms with Crippen molar-refractivity contribution in [3.05, 3.63) is 9.88 Å². The van der Waals surface area contributed by atoms with Crippen LogP contribution in [-0.4, -0.2) is 30.7 Å². The minimum Gasteiger partial charge on any atom is -0.343 e. The van der Waals surface area contributed by atoms with Gasteiger partial charge in [0.2, 0.25) is 0 Å². The van der Waals surface area contributed by atoms with Crippen LogP contribution >= 0.6 is 11.3 Å². The van der Waals surface area contributed by atoms with Gasteiger partial charge in [0.25, 0.3) is 0 Å². The van der Waals surface area contributed by atoms with Gasteiger partial charge in [-0.25, -0.2) is 4.98 Å². The van der Waals surface area contributed by atoms with Crippen LogP contribution < -0.4 is 20.1 Å². The van der Waals surface area contributed by atoms with Gasteiger partial charge < -0.3 is 10.2 Å². The Kier molecular flexibility index (Phi) is 3.61. The van der Waals surface area contributed by atoms with Gasteiger partial charge in [0.15, 0.2) is 5.13 Å². The van der Waals surface area contributed by atoms with Gasteiger partial charge in [-0.1, -0.05) is 30.9 Å². The molecule has 0 amide bonds. The average molecular weight is 237 g/mol. The van der Waals surface area contributed by atoms with E-state index in [1.165, 1.54) is 4.53 Å². The summed E-state index contributed by atoms with van der Waals surface area (Å²) in [6, 6.07) is 0.522. The molecule has 0 saturated carbocycles. The highest BCUT2D eigenvalue weighted by molar-refractivity contribution is 7.13. The Labute approximate surface area is 101 Å². The van der Waals surface area contributed by atoms with Gasteiger partial charge in [0, 0.05) is 25.7 Å². The summed E-state index contributed by atoms with van der Waals surface area (Å²) in [6.07, 6.45) is 3.25. The van der Waals surface area contributed by atoms with Crippen molar-refractivity contribution in [2.24, 2.45) is 0 Å². The summed E-state index contributed by atoms with van der Waals surface area (Å²) in [6.45, 7) is 11.5. The molecule has 0 unspecified atom stereocenters. The lowest BCUT2D eigenvalue weighted by Crippen LogP contribution is -2.50. The fourth-order valence-corrected chi connectivity index (χ4v) is 3.10. The Morgan fingerprint density at radius 2 is 2.50 bits per heavy atom. The molecule has 1 aromatic rings. The number of rotatable bonds is 2. The van der Waals surface area contributed by atoms with E-state index in [-0.39, 0.29) is 0 Å². The van der Waals surface area contributed by atoms with E-state index in [0.29, 0.717) is 6.04 Å². The summed E-state index contributed by atoms with van der Waals surface area (Å²) in [5, 5.41) is 5.44. The van der Waals surface area contributed by atoms with Gasteiger partial charge >= 0.3 is 0 Å². The molecule has 3 nitrogen and oxygen atoms in total. The van der Waals surface area contributed by atoms with E-state index in [9.17, 15) is 0 Å². The molecule has 2 rings (SSSR count). The van der Waals surface area contributed by atoms with E-state index in [0.717, 1.165) is 36.5 Å². The summed E-state index contributed by atoms with van der Waals surface area (Å²) in [5.41, 5.74) is 0. The molecular weight excluding hydrogens is 218 g/mol. The minimum absolute atomic E-state index is 0.522. The number of piperazine rings is 1. The third-order valence-electron chi connectivity index (χ3n) is 2.85. The van der Waals surface area contributed by atoms with Crippen molar-refractivity contribution < 1.29 is 0 Å². The number of nitrogens with one attached hydrogen (secondary N) is 1. The van der Waals surface area contributed by atoms with Crippen LogP contribution in [-0.2, 0) is 0 Å².